The lowest BCUT2D eigenvalue weighted by Gasteiger charge is -2.21. The van der Waals surface area contributed by atoms with Crippen LogP contribution in [0.25, 0.3) is 21.5 Å². The van der Waals surface area contributed by atoms with Crippen LogP contribution in [0.15, 0.2) is 54.7 Å². The number of rotatable bonds is 6. The number of carbonyl (C=O) groups is 1. The molecular weight excluding hydrogens is 465 g/mol. The zero-order valence-corrected chi connectivity index (χ0v) is 18.8. The largest absolute Gasteiger partial charge is 0.493 e. The SMILES string of the molecule is O=C(O)Cn1ccc2cc(OCC3CCCc4sc(-c5ccc(C(F)(F)F)cc5)nc43)ccc21. The van der Waals surface area contributed by atoms with Gasteiger partial charge in [0.15, 0.2) is 0 Å². The molecule has 0 saturated heterocycles. The molecule has 2 aromatic carbocycles. The Labute approximate surface area is 197 Å². The quantitative estimate of drug-likeness (QED) is 0.344. The molecule has 5 rings (SSSR count). The molecule has 5 nitrogen and oxygen atoms in total. The number of ether oxygens (including phenoxy) is 1. The summed E-state index contributed by atoms with van der Waals surface area (Å²) < 4.78 is 46.4. The van der Waals surface area contributed by atoms with E-state index in [1.165, 1.54) is 23.5 Å². The second-order valence-electron chi connectivity index (χ2n) is 8.36. The van der Waals surface area contributed by atoms with Crippen molar-refractivity contribution >= 4 is 28.2 Å². The predicted molar refractivity (Wildman–Crippen MR) is 123 cm³/mol. The van der Waals surface area contributed by atoms with E-state index < -0.39 is 17.7 Å². The third-order valence-electron chi connectivity index (χ3n) is 6.03. The van der Waals surface area contributed by atoms with Crippen molar-refractivity contribution in [3.63, 3.8) is 0 Å². The first kappa shape index (κ1) is 22.5. The van der Waals surface area contributed by atoms with Crippen molar-refractivity contribution in [1.29, 1.82) is 0 Å². The summed E-state index contributed by atoms with van der Waals surface area (Å²) in [5.41, 5.74) is 1.82. The van der Waals surface area contributed by atoms with Crippen LogP contribution in [0.1, 0.15) is 34.9 Å². The van der Waals surface area contributed by atoms with Gasteiger partial charge in [-0.15, -0.1) is 11.3 Å². The van der Waals surface area contributed by atoms with Crippen LogP contribution in [0.5, 0.6) is 5.75 Å². The van der Waals surface area contributed by atoms with E-state index >= 15 is 0 Å². The normalized spacial score (nSPS) is 15.9. The van der Waals surface area contributed by atoms with Gasteiger partial charge >= 0.3 is 12.1 Å². The van der Waals surface area contributed by atoms with Gasteiger partial charge in [-0.25, -0.2) is 4.98 Å². The highest BCUT2D eigenvalue weighted by Crippen LogP contribution is 2.39. The Bertz CT molecular complexity index is 1340. The highest BCUT2D eigenvalue weighted by Gasteiger charge is 2.30. The summed E-state index contributed by atoms with van der Waals surface area (Å²) >= 11 is 1.54. The summed E-state index contributed by atoms with van der Waals surface area (Å²) in [4.78, 5) is 17.0. The Hall–Kier alpha value is -3.33. The molecule has 1 unspecified atom stereocenters. The van der Waals surface area contributed by atoms with Crippen LogP contribution in [-0.4, -0.2) is 27.2 Å². The molecule has 0 aliphatic heterocycles. The lowest BCUT2D eigenvalue weighted by Crippen LogP contribution is -2.16. The number of alkyl halides is 3. The molecule has 0 bridgehead atoms. The molecule has 1 aliphatic carbocycles. The second-order valence-corrected chi connectivity index (χ2v) is 9.44. The number of aromatic nitrogens is 2. The van der Waals surface area contributed by atoms with Crippen LogP contribution in [0, 0.1) is 0 Å². The van der Waals surface area contributed by atoms with Gasteiger partial charge in [-0.2, -0.15) is 13.2 Å². The van der Waals surface area contributed by atoms with Crippen molar-refractivity contribution in [2.75, 3.05) is 6.61 Å². The lowest BCUT2D eigenvalue weighted by atomic mass is 9.92. The topological polar surface area (TPSA) is 64.3 Å². The van der Waals surface area contributed by atoms with E-state index in [2.05, 4.69) is 0 Å². The number of carboxylic acid groups (broad SMARTS) is 1. The van der Waals surface area contributed by atoms with Gasteiger partial charge in [0.1, 0.15) is 17.3 Å². The van der Waals surface area contributed by atoms with Crippen molar-refractivity contribution in [3.8, 4) is 16.3 Å². The van der Waals surface area contributed by atoms with E-state index in [9.17, 15) is 18.0 Å². The molecule has 176 valence electrons. The maximum atomic E-state index is 12.9. The van der Waals surface area contributed by atoms with Crippen LogP contribution >= 0.6 is 11.3 Å². The van der Waals surface area contributed by atoms with Crippen LogP contribution in [-0.2, 0) is 23.9 Å². The second kappa shape index (κ2) is 8.79. The van der Waals surface area contributed by atoms with Crippen molar-refractivity contribution in [1.82, 2.24) is 9.55 Å². The average Bonchev–Trinajstić information content (AvgIpc) is 3.41. The van der Waals surface area contributed by atoms with E-state index in [0.29, 0.717) is 17.9 Å². The Morgan fingerprint density at radius 3 is 2.71 bits per heavy atom. The summed E-state index contributed by atoms with van der Waals surface area (Å²) in [5, 5.41) is 10.7. The van der Waals surface area contributed by atoms with E-state index in [1.54, 1.807) is 10.8 Å². The molecule has 0 radical (unpaired) electrons. The van der Waals surface area contributed by atoms with E-state index in [0.717, 1.165) is 57.9 Å². The molecule has 0 amide bonds. The molecule has 1 aliphatic rings. The molecule has 1 atom stereocenters. The Morgan fingerprint density at radius 2 is 1.97 bits per heavy atom. The van der Waals surface area contributed by atoms with Gasteiger partial charge in [-0.05, 0) is 55.7 Å². The summed E-state index contributed by atoms with van der Waals surface area (Å²) in [6.45, 7) is 0.351. The molecular formula is C25H21F3N2O3S. The number of hydrogen-bond acceptors (Lipinski definition) is 4. The standard InChI is InChI=1S/C25H21F3N2O3S/c26-25(27,28)18-6-4-15(5-7-18)24-29-23-17(2-1-3-21(23)34-24)14-33-19-8-9-20-16(12-19)10-11-30(20)13-22(31)32/h4-12,17H,1-3,13-14H2,(H,31,32). The Kier molecular flexibility index (Phi) is 5.81. The molecule has 34 heavy (non-hydrogen) atoms. The number of fused-ring (bicyclic) bond motifs is 2. The number of halogens is 3. The van der Waals surface area contributed by atoms with Crippen LogP contribution < -0.4 is 4.74 Å². The van der Waals surface area contributed by atoms with Crippen molar-refractivity contribution in [2.45, 2.75) is 37.9 Å². The number of carboxylic acids is 1. The number of benzene rings is 2. The summed E-state index contributed by atoms with van der Waals surface area (Å²) in [6, 6.07) is 12.6. The highest BCUT2D eigenvalue weighted by atomic mass is 32.1. The summed E-state index contributed by atoms with van der Waals surface area (Å²) in [6.07, 6.45) is 0.235. The first-order valence-corrected chi connectivity index (χ1v) is 11.7. The molecule has 0 fully saturated rings. The fraction of sp³-hybridized carbons (Fsp3) is 0.280. The highest BCUT2D eigenvalue weighted by molar-refractivity contribution is 7.15. The minimum absolute atomic E-state index is 0.0976. The molecule has 9 heteroatoms. The molecule has 0 saturated carbocycles. The van der Waals surface area contributed by atoms with Crippen LogP contribution in [0.3, 0.4) is 0 Å². The van der Waals surface area contributed by atoms with Crippen molar-refractivity contribution in [3.05, 3.63) is 70.9 Å². The van der Waals surface area contributed by atoms with E-state index in [4.69, 9.17) is 14.8 Å². The maximum Gasteiger partial charge on any atom is 0.416 e. The average molecular weight is 487 g/mol. The fourth-order valence-electron chi connectivity index (χ4n) is 4.34. The molecule has 2 aromatic heterocycles. The van der Waals surface area contributed by atoms with Gasteiger partial charge < -0.3 is 14.4 Å². The van der Waals surface area contributed by atoms with Crippen molar-refractivity contribution in [2.24, 2.45) is 0 Å². The van der Waals surface area contributed by atoms with Crippen molar-refractivity contribution < 1.29 is 27.8 Å². The number of nitrogens with zero attached hydrogens (tertiary/aromatic N) is 2. The van der Waals surface area contributed by atoms with Gasteiger partial charge in [-0.3, -0.25) is 4.79 Å². The van der Waals surface area contributed by atoms with E-state index in [1.807, 2.05) is 24.3 Å². The minimum Gasteiger partial charge on any atom is -0.493 e. The smallest absolute Gasteiger partial charge is 0.416 e. The maximum absolute atomic E-state index is 12.9. The third-order valence-corrected chi connectivity index (χ3v) is 7.21. The summed E-state index contributed by atoms with van der Waals surface area (Å²) in [5.74, 6) is -0.0914. The van der Waals surface area contributed by atoms with Gasteiger partial charge in [0, 0.05) is 33.5 Å². The number of aryl methyl sites for hydroxylation is 1. The Balaban J connectivity index is 1.31. The first-order chi connectivity index (χ1) is 16.3. The lowest BCUT2D eigenvalue weighted by molar-refractivity contribution is -0.138. The third kappa shape index (κ3) is 4.52. The van der Waals surface area contributed by atoms with E-state index in [-0.39, 0.29) is 12.5 Å². The van der Waals surface area contributed by atoms with Gasteiger partial charge in [0.2, 0.25) is 0 Å². The zero-order valence-electron chi connectivity index (χ0n) is 18.0. The van der Waals surface area contributed by atoms with Crippen LogP contribution in [0.2, 0.25) is 0 Å². The molecule has 2 heterocycles. The zero-order chi connectivity index (χ0) is 23.9. The van der Waals surface area contributed by atoms with Gasteiger partial charge in [0.05, 0.1) is 17.9 Å². The van der Waals surface area contributed by atoms with Gasteiger partial charge in [0.25, 0.3) is 0 Å². The number of hydrogen-bond donors (Lipinski definition) is 1. The fourth-order valence-corrected chi connectivity index (χ4v) is 5.54. The number of thiazole rings is 1. The molecule has 4 aromatic rings. The number of aliphatic carboxylic acids is 1. The molecule has 1 N–H and O–H groups in total. The van der Waals surface area contributed by atoms with Crippen LogP contribution in [0.4, 0.5) is 13.2 Å². The minimum atomic E-state index is -4.36. The predicted octanol–water partition coefficient (Wildman–Crippen LogP) is 6.37. The van der Waals surface area contributed by atoms with Gasteiger partial charge in [-0.1, -0.05) is 12.1 Å². The Morgan fingerprint density at radius 1 is 1.18 bits per heavy atom. The monoisotopic (exact) mass is 486 g/mol. The molecule has 0 spiro atoms. The summed E-state index contributed by atoms with van der Waals surface area (Å²) in [7, 11) is 0. The first-order valence-electron chi connectivity index (χ1n) is 10.9.